The molecule has 1 rings (SSSR count). The molecule has 9 heavy (non-hydrogen) atoms. The van der Waals surface area contributed by atoms with Crippen LogP contribution in [0.5, 0.6) is 0 Å². The molecule has 1 aliphatic heterocycles. The quantitative estimate of drug-likeness (QED) is 0.492. The van der Waals surface area contributed by atoms with Gasteiger partial charge < -0.3 is 0 Å². The Bertz CT molecular complexity index is 162. The van der Waals surface area contributed by atoms with Gasteiger partial charge >= 0.3 is 0 Å². The van der Waals surface area contributed by atoms with Crippen molar-refractivity contribution in [2.75, 3.05) is 4.43 Å². The summed E-state index contributed by atoms with van der Waals surface area (Å²) < 4.78 is 13.3. The Morgan fingerprint density at radius 1 is 1.78 bits per heavy atom. The van der Waals surface area contributed by atoms with Crippen molar-refractivity contribution in [2.24, 2.45) is 4.99 Å². The van der Waals surface area contributed by atoms with Gasteiger partial charge in [-0.05, 0) is 6.42 Å². The lowest BCUT2D eigenvalue weighted by Gasteiger charge is -2.03. The number of halogens is 2. The average molecular weight is 239 g/mol. The van der Waals surface area contributed by atoms with Crippen LogP contribution >= 0.6 is 22.6 Å². The normalized spacial score (nSPS) is 18.9. The van der Waals surface area contributed by atoms with Crippen molar-refractivity contribution in [1.29, 1.82) is 0 Å². The first-order valence-corrected chi connectivity index (χ1v) is 4.33. The summed E-state index contributed by atoms with van der Waals surface area (Å²) in [6.07, 6.45) is 3.07. The monoisotopic (exact) mass is 239 g/mol. The second-order valence-corrected chi connectivity index (χ2v) is 2.60. The number of allylic oxidation sites excluding steroid dienone is 2. The first-order chi connectivity index (χ1) is 4.34. The van der Waals surface area contributed by atoms with Gasteiger partial charge in [-0.25, -0.2) is 4.39 Å². The Hall–Kier alpha value is 0.0700. The number of hydrogen-bond donors (Lipinski definition) is 0. The van der Waals surface area contributed by atoms with Crippen molar-refractivity contribution in [3.05, 3.63) is 11.5 Å². The Morgan fingerprint density at radius 3 is 3.00 bits per heavy atom. The van der Waals surface area contributed by atoms with Crippen molar-refractivity contribution >= 4 is 28.8 Å². The number of hydrogen-bond acceptors (Lipinski definition) is 1. The summed E-state index contributed by atoms with van der Waals surface area (Å²) >= 11 is 2.11. The molecule has 0 aliphatic carbocycles. The van der Waals surface area contributed by atoms with Crippen molar-refractivity contribution in [1.82, 2.24) is 0 Å². The molecule has 0 fully saturated rings. The molecule has 0 aromatic rings. The summed E-state index contributed by atoms with van der Waals surface area (Å²) in [7, 11) is 0. The maximum atomic E-state index is 12.6. The molecular formula is C6H7FIN. The molecule has 1 nitrogen and oxygen atoms in total. The fourth-order valence-electron chi connectivity index (χ4n) is 0.687. The highest BCUT2D eigenvalue weighted by molar-refractivity contribution is 14.1. The SMILES string of the molecule is FC1=C(CI)N=CCC1. The molecule has 0 saturated heterocycles. The van der Waals surface area contributed by atoms with Crippen LogP contribution in [0.3, 0.4) is 0 Å². The molecule has 0 N–H and O–H groups in total. The highest BCUT2D eigenvalue weighted by Crippen LogP contribution is 2.18. The van der Waals surface area contributed by atoms with E-state index in [0.717, 1.165) is 6.42 Å². The van der Waals surface area contributed by atoms with E-state index < -0.39 is 0 Å². The maximum Gasteiger partial charge on any atom is 0.122 e. The zero-order valence-corrected chi connectivity index (χ0v) is 7.06. The van der Waals surface area contributed by atoms with E-state index in [2.05, 4.69) is 27.6 Å². The third-order valence-corrected chi connectivity index (χ3v) is 1.90. The zero-order chi connectivity index (χ0) is 6.69. The van der Waals surface area contributed by atoms with Crippen LogP contribution in [0, 0.1) is 0 Å². The maximum absolute atomic E-state index is 12.6. The van der Waals surface area contributed by atoms with Crippen molar-refractivity contribution in [2.45, 2.75) is 12.8 Å². The molecule has 1 heterocycles. The summed E-state index contributed by atoms with van der Waals surface area (Å²) in [4.78, 5) is 3.90. The van der Waals surface area contributed by atoms with Crippen LogP contribution in [0.1, 0.15) is 12.8 Å². The predicted molar refractivity (Wildman–Crippen MR) is 44.7 cm³/mol. The van der Waals surface area contributed by atoms with E-state index in [-0.39, 0.29) is 5.83 Å². The van der Waals surface area contributed by atoms with Gasteiger partial charge in [-0.1, -0.05) is 22.6 Å². The molecule has 0 radical (unpaired) electrons. The highest BCUT2D eigenvalue weighted by atomic mass is 127. The smallest absolute Gasteiger partial charge is 0.122 e. The van der Waals surface area contributed by atoms with E-state index in [1.54, 1.807) is 6.21 Å². The highest BCUT2D eigenvalue weighted by Gasteiger charge is 2.06. The second-order valence-electron chi connectivity index (χ2n) is 1.84. The van der Waals surface area contributed by atoms with E-state index in [1.807, 2.05) is 0 Å². The predicted octanol–water partition coefficient (Wildman–Crippen LogP) is 2.47. The molecule has 0 spiro atoms. The van der Waals surface area contributed by atoms with Gasteiger partial charge in [-0.2, -0.15) is 0 Å². The second kappa shape index (κ2) is 3.29. The molecule has 1 aliphatic rings. The third-order valence-electron chi connectivity index (χ3n) is 1.18. The Labute approximate surface area is 67.2 Å². The van der Waals surface area contributed by atoms with Crippen LogP contribution in [0.25, 0.3) is 0 Å². The third kappa shape index (κ3) is 1.74. The van der Waals surface area contributed by atoms with Crippen molar-refractivity contribution in [3.8, 4) is 0 Å². The fraction of sp³-hybridized carbons (Fsp3) is 0.500. The van der Waals surface area contributed by atoms with Gasteiger partial charge in [-0.15, -0.1) is 0 Å². The lowest BCUT2D eigenvalue weighted by Crippen LogP contribution is -1.93. The van der Waals surface area contributed by atoms with Crippen LogP contribution in [-0.4, -0.2) is 10.6 Å². The first-order valence-electron chi connectivity index (χ1n) is 2.80. The number of alkyl halides is 1. The van der Waals surface area contributed by atoms with Gasteiger partial charge in [0.25, 0.3) is 0 Å². The first kappa shape index (κ1) is 7.18. The van der Waals surface area contributed by atoms with Gasteiger partial charge in [0.1, 0.15) is 5.83 Å². The van der Waals surface area contributed by atoms with Crippen LogP contribution in [-0.2, 0) is 0 Å². The standard InChI is InChI=1S/C6H7FIN/c7-5-2-1-3-9-6(5)4-8/h3H,1-2,4H2. The van der Waals surface area contributed by atoms with Crippen LogP contribution < -0.4 is 0 Å². The molecule has 0 saturated carbocycles. The molecule has 0 aromatic heterocycles. The molecule has 0 atom stereocenters. The minimum Gasteiger partial charge on any atom is -0.262 e. The van der Waals surface area contributed by atoms with Gasteiger partial charge in [0.15, 0.2) is 0 Å². The van der Waals surface area contributed by atoms with Gasteiger partial charge in [0.05, 0.1) is 5.70 Å². The Kier molecular flexibility index (Phi) is 2.63. The van der Waals surface area contributed by atoms with E-state index in [4.69, 9.17) is 0 Å². The summed E-state index contributed by atoms with van der Waals surface area (Å²) in [5.74, 6) is -0.0353. The number of rotatable bonds is 1. The molecule has 0 unspecified atom stereocenters. The number of aliphatic imine (C=N–C) groups is 1. The largest absolute Gasteiger partial charge is 0.262 e. The summed E-state index contributed by atoms with van der Waals surface area (Å²) in [5.41, 5.74) is 0.613. The minimum atomic E-state index is -0.0353. The van der Waals surface area contributed by atoms with Gasteiger partial charge in [-0.3, -0.25) is 4.99 Å². The van der Waals surface area contributed by atoms with Crippen molar-refractivity contribution in [3.63, 3.8) is 0 Å². The Balaban J connectivity index is 2.72. The van der Waals surface area contributed by atoms with Gasteiger partial charge in [0, 0.05) is 17.1 Å². The van der Waals surface area contributed by atoms with E-state index in [1.165, 1.54) is 0 Å². The summed E-state index contributed by atoms with van der Waals surface area (Å²) in [6, 6.07) is 0. The van der Waals surface area contributed by atoms with E-state index >= 15 is 0 Å². The molecule has 0 bridgehead atoms. The molecule has 3 heteroatoms. The van der Waals surface area contributed by atoms with Gasteiger partial charge in [0.2, 0.25) is 0 Å². The van der Waals surface area contributed by atoms with Crippen LogP contribution in [0.2, 0.25) is 0 Å². The lowest BCUT2D eigenvalue weighted by molar-refractivity contribution is 0.578. The lowest BCUT2D eigenvalue weighted by atomic mass is 10.2. The molecule has 0 amide bonds. The summed E-state index contributed by atoms with van der Waals surface area (Å²) in [6.45, 7) is 0. The van der Waals surface area contributed by atoms with Crippen molar-refractivity contribution < 1.29 is 4.39 Å². The summed E-state index contributed by atoms with van der Waals surface area (Å²) in [5, 5.41) is 0. The molecule has 0 aromatic carbocycles. The average Bonchev–Trinajstić information content (AvgIpc) is 1.89. The van der Waals surface area contributed by atoms with Crippen LogP contribution in [0.4, 0.5) is 4.39 Å². The molecule has 50 valence electrons. The molecular weight excluding hydrogens is 232 g/mol. The Morgan fingerprint density at radius 2 is 2.56 bits per heavy atom. The zero-order valence-electron chi connectivity index (χ0n) is 4.90. The minimum absolute atomic E-state index is 0.0353. The fourth-order valence-corrected chi connectivity index (χ4v) is 1.30. The van der Waals surface area contributed by atoms with E-state index in [9.17, 15) is 4.39 Å². The van der Waals surface area contributed by atoms with Crippen LogP contribution in [0.15, 0.2) is 16.5 Å². The van der Waals surface area contributed by atoms with E-state index in [0.29, 0.717) is 16.5 Å². The number of nitrogens with zero attached hydrogens (tertiary/aromatic N) is 1. The topological polar surface area (TPSA) is 12.4 Å².